The average molecular weight is 223 g/mol. The lowest BCUT2D eigenvalue weighted by atomic mass is 10.1. The fourth-order valence-corrected chi connectivity index (χ4v) is 1.02. The molecule has 86 valence electrons. The van der Waals surface area contributed by atoms with Gasteiger partial charge in [-0.1, -0.05) is 30.3 Å². The van der Waals surface area contributed by atoms with E-state index in [4.69, 9.17) is 0 Å². The van der Waals surface area contributed by atoms with E-state index in [9.17, 15) is 17.3 Å². The second kappa shape index (κ2) is 6.45. The molecule has 0 radical (unpaired) electrons. The highest BCUT2D eigenvalue weighted by molar-refractivity contribution is 6.50. The van der Waals surface area contributed by atoms with Gasteiger partial charge in [0.05, 0.1) is 6.04 Å². The zero-order valence-electron chi connectivity index (χ0n) is 8.47. The summed E-state index contributed by atoms with van der Waals surface area (Å²) in [5.74, 6) is 0. The third-order valence-electron chi connectivity index (χ3n) is 1.43. The molecule has 3 N–H and O–H groups in total. The molecule has 1 rings (SSSR count). The largest absolute Gasteiger partial charge is 0.673 e. The van der Waals surface area contributed by atoms with E-state index in [1.54, 1.807) is 0 Å². The maximum atomic E-state index is 9.75. The molecule has 0 aliphatic rings. The van der Waals surface area contributed by atoms with Crippen molar-refractivity contribution in [2.45, 2.75) is 19.4 Å². The Morgan fingerprint density at radius 3 is 1.87 bits per heavy atom. The van der Waals surface area contributed by atoms with E-state index < -0.39 is 7.25 Å². The molecular formula is C9H14BF4N. The first-order valence-electron chi connectivity index (χ1n) is 4.53. The molecule has 0 aliphatic heterocycles. The average Bonchev–Trinajstić information content (AvgIpc) is 2.01. The van der Waals surface area contributed by atoms with E-state index in [0.29, 0.717) is 6.04 Å². The minimum absolute atomic E-state index is 0.516. The van der Waals surface area contributed by atoms with Crippen molar-refractivity contribution in [2.75, 3.05) is 0 Å². The van der Waals surface area contributed by atoms with Crippen LogP contribution in [0.3, 0.4) is 0 Å². The van der Waals surface area contributed by atoms with Gasteiger partial charge < -0.3 is 23.0 Å². The third-order valence-corrected chi connectivity index (χ3v) is 1.43. The Morgan fingerprint density at radius 2 is 1.53 bits per heavy atom. The van der Waals surface area contributed by atoms with Crippen LogP contribution in [-0.2, 0) is 6.42 Å². The lowest BCUT2D eigenvalue weighted by molar-refractivity contribution is -0.413. The van der Waals surface area contributed by atoms with Crippen LogP contribution in [0.4, 0.5) is 17.3 Å². The van der Waals surface area contributed by atoms with Crippen LogP contribution >= 0.6 is 0 Å². The van der Waals surface area contributed by atoms with E-state index in [1.165, 1.54) is 5.56 Å². The number of halogens is 4. The molecule has 1 aromatic rings. The predicted octanol–water partition coefficient (Wildman–Crippen LogP) is 2.16. The van der Waals surface area contributed by atoms with Gasteiger partial charge in [-0.05, 0) is 12.5 Å². The van der Waals surface area contributed by atoms with Crippen LogP contribution in [0.2, 0.25) is 0 Å². The first-order chi connectivity index (χ1) is 6.79. The Kier molecular flexibility index (Phi) is 6.00. The third kappa shape index (κ3) is 13.0. The van der Waals surface area contributed by atoms with Gasteiger partial charge in [0.2, 0.25) is 0 Å². The molecule has 1 atom stereocenters. The molecule has 0 spiro atoms. The summed E-state index contributed by atoms with van der Waals surface area (Å²) in [7, 11) is -6.00. The zero-order valence-corrected chi connectivity index (χ0v) is 8.47. The molecule has 0 aliphatic carbocycles. The van der Waals surface area contributed by atoms with Gasteiger partial charge in [-0.15, -0.1) is 0 Å². The number of benzene rings is 1. The van der Waals surface area contributed by atoms with Gasteiger partial charge in [0.25, 0.3) is 0 Å². The number of quaternary nitrogens is 1. The van der Waals surface area contributed by atoms with E-state index in [2.05, 4.69) is 36.9 Å². The van der Waals surface area contributed by atoms with Gasteiger partial charge in [0, 0.05) is 6.42 Å². The summed E-state index contributed by atoms with van der Waals surface area (Å²) in [5, 5.41) is 0. The molecule has 1 nitrogen and oxygen atoms in total. The lowest BCUT2D eigenvalue weighted by Gasteiger charge is -2.00. The highest BCUT2D eigenvalue weighted by Crippen LogP contribution is 2.06. The first-order valence-corrected chi connectivity index (χ1v) is 4.53. The topological polar surface area (TPSA) is 27.6 Å². The van der Waals surface area contributed by atoms with Crippen molar-refractivity contribution in [2.24, 2.45) is 0 Å². The minimum atomic E-state index is -6.00. The normalized spacial score (nSPS) is 12.7. The summed E-state index contributed by atoms with van der Waals surface area (Å²) < 4.78 is 39.0. The number of rotatable bonds is 2. The molecule has 0 saturated carbocycles. The fraction of sp³-hybridized carbons (Fsp3) is 0.333. The summed E-state index contributed by atoms with van der Waals surface area (Å²) in [6, 6.07) is 11.0. The molecule has 0 saturated heterocycles. The molecule has 15 heavy (non-hydrogen) atoms. The predicted molar refractivity (Wildman–Crippen MR) is 52.7 cm³/mol. The van der Waals surface area contributed by atoms with Crippen molar-refractivity contribution in [1.29, 1.82) is 0 Å². The Hall–Kier alpha value is -1.04. The summed E-state index contributed by atoms with van der Waals surface area (Å²) >= 11 is 0. The SMILES string of the molecule is CC([NH3+])Cc1ccccc1.F[B-](F)(F)F. The van der Waals surface area contributed by atoms with Crippen LogP contribution < -0.4 is 5.73 Å². The van der Waals surface area contributed by atoms with Crippen molar-refractivity contribution in [3.8, 4) is 0 Å². The van der Waals surface area contributed by atoms with E-state index >= 15 is 0 Å². The Morgan fingerprint density at radius 1 is 1.13 bits per heavy atom. The monoisotopic (exact) mass is 223 g/mol. The molecule has 0 aromatic heterocycles. The lowest BCUT2D eigenvalue weighted by Crippen LogP contribution is -2.60. The summed E-state index contributed by atoms with van der Waals surface area (Å²) in [6.07, 6.45) is 1.08. The smallest absolute Gasteiger partial charge is 0.418 e. The van der Waals surface area contributed by atoms with Gasteiger partial charge in [-0.3, -0.25) is 0 Å². The maximum absolute atomic E-state index is 9.75. The van der Waals surface area contributed by atoms with Crippen LogP contribution in [0.1, 0.15) is 12.5 Å². The van der Waals surface area contributed by atoms with Crippen LogP contribution in [0.15, 0.2) is 30.3 Å². The van der Waals surface area contributed by atoms with Crippen LogP contribution in [0.5, 0.6) is 0 Å². The molecular weight excluding hydrogens is 209 g/mol. The number of hydrogen-bond donors (Lipinski definition) is 1. The number of hydrogen-bond acceptors (Lipinski definition) is 0. The molecule has 1 unspecified atom stereocenters. The molecule has 0 amide bonds. The second-order valence-corrected chi connectivity index (χ2v) is 3.29. The molecule has 0 bridgehead atoms. The standard InChI is InChI=1S/C9H13N.BF4/c1-8(10)7-9-5-3-2-4-6-9;2-1(3,4)5/h2-6,8H,7,10H2,1H3;/q;-1/p+1. The van der Waals surface area contributed by atoms with Crippen LogP contribution in [-0.4, -0.2) is 13.3 Å². The Balaban J connectivity index is 0.000000336. The van der Waals surface area contributed by atoms with Gasteiger partial charge in [0.1, 0.15) is 0 Å². The van der Waals surface area contributed by atoms with Crippen molar-refractivity contribution < 1.29 is 23.0 Å². The van der Waals surface area contributed by atoms with Gasteiger partial charge in [-0.25, -0.2) is 0 Å². The summed E-state index contributed by atoms with van der Waals surface area (Å²) in [4.78, 5) is 0. The Labute approximate surface area is 86.4 Å². The van der Waals surface area contributed by atoms with Gasteiger partial charge >= 0.3 is 7.25 Å². The van der Waals surface area contributed by atoms with Crippen LogP contribution in [0, 0.1) is 0 Å². The van der Waals surface area contributed by atoms with E-state index in [-0.39, 0.29) is 0 Å². The molecule has 1 aromatic carbocycles. The molecule has 0 fully saturated rings. The van der Waals surface area contributed by atoms with Crippen LogP contribution in [0.25, 0.3) is 0 Å². The van der Waals surface area contributed by atoms with Crippen molar-refractivity contribution in [3.05, 3.63) is 35.9 Å². The molecule has 0 heterocycles. The summed E-state index contributed by atoms with van der Waals surface area (Å²) in [5.41, 5.74) is 5.31. The van der Waals surface area contributed by atoms with Crippen molar-refractivity contribution >= 4 is 7.25 Å². The quantitative estimate of drug-likeness (QED) is 0.587. The van der Waals surface area contributed by atoms with Crippen molar-refractivity contribution in [3.63, 3.8) is 0 Å². The zero-order chi connectivity index (χ0) is 11.9. The Bertz CT molecular complexity index is 255. The summed E-state index contributed by atoms with van der Waals surface area (Å²) in [6.45, 7) is 2.13. The maximum Gasteiger partial charge on any atom is 0.673 e. The highest BCUT2D eigenvalue weighted by Gasteiger charge is 2.20. The van der Waals surface area contributed by atoms with E-state index in [1.807, 2.05) is 6.07 Å². The highest BCUT2D eigenvalue weighted by atomic mass is 19.5. The second-order valence-electron chi connectivity index (χ2n) is 3.29. The molecule has 6 heteroatoms. The fourth-order valence-electron chi connectivity index (χ4n) is 1.02. The van der Waals surface area contributed by atoms with Gasteiger partial charge in [0.15, 0.2) is 0 Å². The first kappa shape index (κ1) is 14.0. The minimum Gasteiger partial charge on any atom is -0.418 e. The van der Waals surface area contributed by atoms with Crippen molar-refractivity contribution in [1.82, 2.24) is 0 Å². The van der Waals surface area contributed by atoms with Gasteiger partial charge in [-0.2, -0.15) is 0 Å². The van der Waals surface area contributed by atoms with E-state index in [0.717, 1.165) is 6.42 Å².